The number of carbonyl (C=O) groups excluding carboxylic acids is 1. The SMILES string of the molecule is CC(C)CNC(=O)C(C)n1c(N)nc2c(C#N)cccc21. The van der Waals surface area contributed by atoms with Crippen LogP contribution in [0.3, 0.4) is 0 Å². The molecule has 3 N–H and O–H groups in total. The zero-order valence-corrected chi connectivity index (χ0v) is 12.4. The summed E-state index contributed by atoms with van der Waals surface area (Å²) in [4.78, 5) is 16.4. The van der Waals surface area contributed by atoms with Gasteiger partial charge in [0.25, 0.3) is 0 Å². The van der Waals surface area contributed by atoms with Gasteiger partial charge >= 0.3 is 0 Å². The maximum atomic E-state index is 12.2. The van der Waals surface area contributed by atoms with Crippen molar-refractivity contribution in [3.63, 3.8) is 0 Å². The Balaban J connectivity index is 2.40. The summed E-state index contributed by atoms with van der Waals surface area (Å²) in [6.45, 7) is 6.45. The lowest BCUT2D eigenvalue weighted by Crippen LogP contribution is -2.33. The summed E-state index contributed by atoms with van der Waals surface area (Å²) in [6.07, 6.45) is 0. The van der Waals surface area contributed by atoms with Crippen LogP contribution in [0.4, 0.5) is 5.95 Å². The van der Waals surface area contributed by atoms with Gasteiger partial charge in [-0.1, -0.05) is 19.9 Å². The highest BCUT2D eigenvalue weighted by atomic mass is 16.2. The second-order valence-corrected chi connectivity index (χ2v) is 5.44. The Morgan fingerprint density at radius 3 is 2.81 bits per heavy atom. The van der Waals surface area contributed by atoms with Crippen LogP contribution in [0.5, 0.6) is 0 Å². The maximum Gasteiger partial charge on any atom is 0.242 e. The third kappa shape index (κ3) is 2.82. The number of nitriles is 1. The third-order valence-electron chi connectivity index (χ3n) is 3.32. The van der Waals surface area contributed by atoms with E-state index in [4.69, 9.17) is 11.0 Å². The summed E-state index contributed by atoms with van der Waals surface area (Å²) in [5.74, 6) is 0.500. The van der Waals surface area contributed by atoms with E-state index in [1.807, 2.05) is 19.9 Å². The van der Waals surface area contributed by atoms with Gasteiger partial charge in [0.05, 0.1) is 11.1 Å². The first kappa shape index (κ1) is 14.9. The van der Waals surface area contributed by atoms with Crippen molar-refractivity contribution in [3.05, 3.63) is 23.8 Å². The summed E-state index contributed by atoms with van der Waals surface area (Å²) in [7, 11) is 0. The van der Waals surface area contributed by atoms with Gasteiger partial charge in [-0.2, -0.15) is 5.26 Å². The number of hydrogen-bond donors (Lipinski definition) is 2. The Bertz CT molecular complexity index is 711. The zero-order valence-electron chi connectivity index (χ0n) is 12.4. The van der Waals surface area contributed by atoms with E-state index in [0.29, 0.717) is 29.1 Å². The molecule has 0 radical (unpaired) electrons. The maximum absolute atomic E-state index is 12.2. The quantitative estimate of drug-likeness (QED) is 0.895. The highest BCUT2D eigenvalue weighted by molar-refractivity contribution is 5.88. The number of carbonyl (C=O) groups is 1. The summed E-state index contributed by atoms with van der Waals surface area (Å²) in [5.41, 5.74) is 7.61. The van der Waals surface area contributed by atoms with E-state index in [0.717, 1.165) is 0 Å². The van der Waals surface area contributed by atoms with Crippen molar-refractivity contribution in [2.45, 2.75) is 26.8 Å². The molecule has 0 saturated heterocycles. The first-order valence-electron chi connectivity index (χ1n) is 6.90. The average Bonchev–Trinajstić information content (AvgIpc) is 2.79. The minimum atomic E-state index is -0.484. The van der Waals surface area contributed by atoms with Crippen LogP contribution in [-0.4, -0.2) is 22.0 Å². The third-order valence-corrected chi connectivity index (χ3v) is 3.32. The number of hydrogen-bond acceptors (Lipinski definition) is 4. The predicted molar refractivity (Wildman–Crippen MR) is 81.4 cm³/mol. The van der Waals surface area contributed by atoms with E-state index in [1.165, 1.54) is 0 Å². The topological polar surface area (TPSA) is 96.7 Å². The fourth-order valence-electron chi connectivity index (χ4n) is 2.20. The molecule has 1 aromatic carbocycles. The lowest BCUT2D eigenvalue weighted by atomic mass is 10.2. The largest absolute Gasteiger partial charge is 0.369 e. The molecule has 1 atom stereocenters. The number of benzene rings is 1. The fourth-order valence-corrected chi connectivity index (χ4v) is 2.20. The monoisotopic (exact) mass is 285 g/mol. The molecule has 2 rings (SSSR count). The molecule has 1 unspecified atom stereocenters. The van der Waals surface area contributed by atoms with Gasteiger partial charge in [-0.25, -0.2) is 4.98 Å². The number of aromatic nitrogens is 2. The number of para-hydroxylation sites is 1. The number of fused-ring (bicyclic) bond motifs is 1. The van der Waals surface area contributed by atoms with Crippen LogP contribution in [0.2, 0.25) is 0 Å². The molecule has 6 nitrogen and oxygen atoms in total. The Hall–Kier alpha value is -2.55. The van der Waals surface area contributed by atoms with E-state index in [9.17, 15) is 4.79 Å². The molecule has 0 bridgehead atoms. The van der Waals surface area contributed by atoms with Gasteiger partial charge in [0.1, 0.15) is 17.6 Å². The van der Waals surface area contributed by atoms with Crippen molar-refractivity contribution in [1.29, 1.82) is 5.26 Å². The Morgan fingerprint density at radius 2 is 2.19 bits per heavy atom. The number of nitrogens with one attached hydrogen (secondary N) is 1. The summed E-state index contributed by atoms with van der Waals surface area (Å²) in [5, 5.41) is 12.0. The van der Waals surface area contributed by atoms with Gasteiger partial charge < -0.3 is 11.1 Å². The summed E-state index contributed by atoms with van der Waals surface area (Å²) in [6, 6.07) is 6.86. The minimum absolute atomic E-state index is 0.114. The standard InChI is InChI=1S/C15H19N5O/c1-9(2)8-18-14(21)10(3)20-12-6-4-5-11(7-16)13(12)19-15(20)17/h4-6,9-10H,8H2,1-3H3,(H2,17,19)(H,18,21). The van der Waals surface area contributed by atoms with Crippen LogP contribution >= 0.6 is 0 Å². The Kier molecular flexibility index (Phi) is 4.13. The van der Waals surface area contributed by atoms with Crippen LogP contribution in [-0.2, 0) is 4.79 Å². The molecule has 2 aromatic rings. The van der Waals surface area contributed by atoms with Gasteiger partial charge in [-0.05, 0) is 25.0 Å². The van der Waals surface area contributed by atoms with Gasteiger partial charge in [-0.15, -0.1) is 0 Å². The molecule has 0 aliphatic carbocycles. The normalized spacial score (nSPS) is 12.3. The second kappa shape index (κ2) is 5.83. The Labute approximate surface area is 123 Å². The molecule has 1 aromatic heterocycles. The molecule has 1 amide bonds. The van der Waals surface area contributed by atoms with Crippen molar-refractivity contribution in [3.8, 4) is 6.07 Å². The number of imidazole rings is 1. The van der Waals surface area contributed by atoms with Crippen LogP contribution in [0.25, 0.3) is 11.0 Å². The molecular formula is C15H19N5O. The smallest absolute Gasteiger partial charge is 0.242 e. The lowest BCUT2D eigenvalue weighted by Gasteiger charge is -2.16. The second-order valence-electron chi connectivity index (χ2n) is 5.44. The first-order chi connectivity index (χ1) is 9.95. The number of amides is 1. The van der Waals surface area contributed by atoms with Crippen LogP contribution in [0, 0.1) is 17.2 Å². The highest BCUT2D eigenvalue weighted by Gasteiger charge is 2.21. The molecular weight excluding hydrogens is 266 g/mol. The molecule has 0 spiro atoms. The molecule has 1 heterocycles. The van der Waals surface area contributed by atoms with E-state index >= 15 is 0 Å². The van der Waals surface area contributed by atoms with Crippen LogP contribution in [0.15, 0.2) is 18.2 Å². The average molecular weight is 285 g/mol. The Morgan fingerprint density at radius 1 is 1.48 bits per heavy atom. The summed E-state index contributed by atoms with van der Waals surface area (Å²) >= 11 is 0. The van der Waals surface area contributed by atoms with E-state index in [1.54, 1.807) is 23.6 Å². The van der Waals surface area contributed by atoms with Crippen molar-refractivity contribution < 1.29 is 4.79 Å². The minimum Gasteiger partial charge on any atom is -0.369 e. The number of nitrogens with zero attached hydrogens (tertiary/aromatic N) is 3. The van der Waals surface area contributed by atoms with Gasteiger partial charge in [-0.3, -0.25) is 9.36 Å². The molecule has 0 aliphatic rings. The number of nitrogen functional groups attached to an aromatic ring is 1. The van der Waals surface area contributed by atoms with Crippen LogP contribution < -0.4 is 11.1 Å². The van der Waals surface area contributed by atoms with Gasteiger partial charge in [0.2, 0.25) is 11.9 Å². The van der Waals surface area contributed by atoms with Crippen molar-refractivity contribution in [1.82, 2.24) is 14.9 Å². The fraction of sp³-hybridized carbons (Fsp3) is 0.400. The molecule has 0 aliphatic heterocycles. The van der Waals surface area contributed by atoms with Crippen molar-refractivity contribution in [2.75, 3.05) is 12.3 Å². The van der Waals surface area contributed by atoms with Gasteiger partial charge in [0, 0.05) is 6.54 Å². The molecule has 0 fully saturated rings. The number of nitrogens with two attached hydrogens (primary N) is 1. The van der Waals surface area contributed by atoms with E-state index < -0.39 is 6.04 Å². The van der Waals surface area contributed by atoms with E-state index in [2.05, 4.69) is 16.4 Å². The zero-order chi connectivity index (χ0) is 15.6. The van der Waals surface area contributed by atoms with Crippen LogP contribution in [0.1, 0.15) is 32.4 Å². The number of anilines is 1. The molecule has 6 heteroatoms. The first-order valence-corrected chi connectivity index (χ1v) is 6.90. The van der Waals surface area contributed by atoms with Crippen molar-refractivity contribution in [2.24, 2.45) is 5.92 Å². The molecule has 21 heavy (non-hydrogen) atoms. The molecule has 0 saturated carbocycles. The molecule has 110 valence electrons. The number of rotatable bonds is 4. The summed E-state index contributed by atoms with van der Waals surface area (Å²) < 4.78 is 1.66. The van der Waals surface area contributed by atoms with E-state index in [-0.39, 0.29) is 11.9 Å². The predicted octanol–water partition coefficient (Wildman–Crippen LogP) is 1.82. The van der Waals surface area contributed by atoms with Gasteiger partial charge in [0.15, 0.2) is 0 Å². The lowest BCUT2D eigenvalue weighted by molar-refractivity contribution is -0.123. The highest BCUT2D eigenvalue weighted by Crippen LogP contribution is 2.25. The van der Waals surface area contributed by atoms with Crippen molar-refractivity contribution >= 4 is 22.9 Å².